The molecule has 2 aromatic rings. The highest BCUT2D eigenvalue weighted by Crippen LogP contribution is 2.29. The molecule has 0 aliphatic rings. The van der Waals surface area contributed by atoms with Gasteiger partial charge >= 0.3 is 0 Å². The highest BCUT2D eigenvalue weighted by Gasteiger charge is 2.14. The minimum atomic E-state index is -0.258. The molecule has 150 valence electrons. The standard InChI is InChI=1S/C22H28N2O4/c1-5-24(6-2)22(26)16-9-12-18(13-10-16)23-21(25)17-11-14-19(27-7-3)20(15-17)28-8-4/h9-15H,5-8H2,1-4H3,(H,23,25). The molecule has 6 nitrogen and oxygen atoms in total. The van der Waals surface area contributed by atoms with Crippen molar-refractivity contribution < 1.29 is 19.1 Å². The summed E-state index contributed by atoms with van der Waals surface area (Å²) in [7, 11) is 0. The van der Waals surface area contributed by atoms with Crippen molar-refractivity contribution >= 4 is 17.5 Å². The smallest absolute Gasteiger partial charge is 0.255 e. The molecule has 6 heteroatoms. The van der Waals surface area contributed by atoms with E-state index in [0.717, 1.165) is 0 Å². The molecule has 2 amide bonds. The Morgan fingerprint density at radius 3 is 1.96 bits per heavy atom. The van der Waals surface area contributed by atoms with Crippen LogP contribution in [0, 0.1) is 0 Å². The molecule has 0 aromatic heterocycles. The van der Waals surface area contributed by atoms with Crippen molar-refractivity contribution in [2.24, 2.45) is 0 Å². The first-order valence-corrected chi connectivity index (χ1v) is 9.64. The number of anilines is 1. The van der Waals surface area contributed by atoms with Crippen LogP contribution in [0.15, 0.2) is 42.5 Å². The van der Waals surface area contributed by atoms with Gasteiger partial charge in [-0.25, -0.2) is 0 Å². The molecule has 0 saturated carbocycles. The van der Waals surface area contributed by atoms with Crippen molar-refractivity contribution in [3.05, 3.63) is 53.6 Å². The number of carbonyl (C=O) groups is 2. The number of benzene rings is 2. The van der Waals surface area contributed by atoms with Crippen molar-refractivity contribution in [1.29, 1.82) is 0 Å². The maximum atomic E-state index is 12.6. The zero-order valence-electron chi connectivity index (χ0n) is 17.0. The van der Waals surface area contributed by atoms with Crippen LogP contribution in [0.1, 0.15) is 48.4 Å². The summed E-state index contributed by atoms with van der Waals surface area (Å²) in [5.74, 6) is 0.875. The van der Waals surface area contributed by atoms with Gasteiger partial charge in [0.05, 0.1) is 13.2 Å². The lowest BCUT2D eigenvalue weighted by molar-refractivity contribution is 0.0773. The molecule has 0 fully saturated rings. The Morgan fingerprint density at radius 1 is 0.821 bits per heavy atom. The zero-order valence-corrected chi connectivity index (χ0v) is 17.0. The van der Waals surface area contributed by atoms with E-state index in [9.17, 15) is 9.59 Å². The summed E-state index contributed by atoms with van der Waals surface area (Å²) < 4.78 is 11.1. The van der Waals surface area contributed by atoms with Crippen molar-refractivity contribution in [3.8, 4) is 11.5 Å². The molecule has 2 aromatic carbocycles. The molecule has 0 spiro atoms. The first-order valence-electron chi connectivity index (χ1n) is 9.64. The van der Waals surface area contributed by atoms with Gasteiger partial charge in [0.2, 0.25) is 0 Å². The highest BCUT2D eigenvalue weighted by molar-refractivity contribution is 6.05. The molecule has 0 aliphatic heterocycles. The SMILES string of the molecule is CCOc1ccc(C(=O)Nc2ccc(C(=O)N(CC)CC)cc2)cc1OCC. The second-order valence-corrected chi connectivity index (χ2v) is 6.04. The number of nitrogens with zero attached hydrogens (tertiary/aromatic N) is 1. The normalized spacial score (nSPS) is 10.3. The Hall–Kier alpha value is -3.02. The minimum Gasteiger partial charge on any atom is -0.490 e. The number of ether oxygens (including phenoxy) is 2. The molecular weight excluding hydrogens is 356 g/mol. The van der Waals surface area contributed by atoms with Gasteiger partial charge in [0.1, 0.15) is 0 Å². The summed E-state index contributed by atoms with van der Waals surface area (Å²) in [6.07, 6.45) is 0. The van der Waals surface area contributed by atoms with Crippen molar-refractivity contribution in [2.75, 3.05) is 31.6 Å². The van der Waals surface area contributed by atoms with Gasteiger partial charge < -0.3 is 19.7 Å². The van der Waals surface area contributed by atoms with Crippen molar-refractivity contribution in [3.63, 3.8) is 0 Å². The summed E-state index contributed by atoms with van der Waals surface area (Å²) in [6, 6.07) is 12.0. The van der Waals surface area contributed by atoms with E-state index in [1.54, 1.807) is 47.4 Å². The van der Waals surface area contributed by atoms with Crippen LogP contribution >= 0.6 is 0 Å². The molecule has 0 bridgehead atoms. The zero-order chi connectivity index (χ0) is 20.5. The van der Waals surface area contributed by atoms with Gasteiger partial charge in [-0.1, -0.05) is 0 Å². The fourth-order valence-corrected chi connectivity index (χ4v) is 2.79. The maximum absolute atomic E-state index is 12.6. The second kappa shape index (κ2) is 10.3. The molecule has 1 N–H and O–H groups in total. The van der Waals surface area contributed by atoms with Crippen molar-refractivity contribution in [2.45, 2.75) is 27.7 Å². The fraction of sp³-hybridized carbons (Fsp3) is 0.364. The van der Waals surface area contributed by atoms with Crippen LogP contribution in [0.5, 0.6) is 11.5 Å². The number of carbonyl (C=O) groups excluding carboxylic acids is 2. The van der Waals surface area contributed by atoms with Gasteiger partial charge in [0, 0.05) is 29.9 Å². The van der Waals surface area contributed by atoms with Gasteiger partial charge in [-0.05, 0) is 70.2 Å². The lowest BCUT2D eigenvalue weighted by atomic mass is 10.1. The number of amides is 2. The third kappa shape index (κ3) is 5.25. The Morgan fingerprint density at radius 2 is 1.39 bits per heavy atom. The predicted molar refractivity (Wildman–Crippen MR) is 110 cm³/mol. The van der Waals surface area contributed by atoms with E-state index in [-0.39, 0.29) is 11.8 Å². The van der Waals surface area contributed by atoms with Crippen molar-refractivity contribution in [1.82, 2.24) is 4.90 Å². The summed E-state index contributed by atoms with van der Waals surface area (Å²) in [4.78, 5) is 26.7. The van der Waals surface area contributed by atoms with Crippen LogP contribution in [0.25, 0.3) is 0 Å². The molecule has 2 rings (SSSR count). The monoisotopic (exact) mass is 384 g/mol. The first kappa shape index (κ1) is 21.3. The van der Waals surface area contributed by atoms with Gasteiger partial charge in [0.25, 0.3) is 11.8 Å². The Kier molecular flexibility index (Phi) is 7.87. The van der Waals surface area contributed by atoms with Crippen LogP contribution in [0.2, 0.25) is 0 Å². The van der Waals surface area contributed by atoms with E-state index in [0.29, 0.717) is 54.6 Å². The number of hydrogen-bond donors (Lipinski definition) is 1. The van der Waals surface area contributed by atoms with E-state index in [1.165, 1.54) is 0 Å². The number of rotatable bonds is 9. The highest BCUT2D eigenvalue weighted by atomic mass is 16.5. The number of nitrogens with one attached hydrogen (secondary N) is 1. The van der Waals surface area contributed by atoms with Crippen LogP contribution in [0.4, 0.5) is 5.69 Å². The van der Waals surface area contributed by atoms with Gasteiger partial charge in [-0.2, -0.15) is 0 Å². The lowest BCUT2D eigenvalue weighted by Crippen LogP contribution is -2.30. The quantitative estimate of drug-likeness (QED) is 0.703. The van der Waals surface area contributed by atoms with E-state index in [2.05, 4.69) is 5.32 Å². The summed E-state index contributed by atoms with van der Waals surface area (Å²) in [5, 5.41) is 2.84. The summed E-state index contributed by atoms with van der Waals surface area (Å²) >= 11 is 0. The second-order valence-electron chi connectivity index (χ2n) is 6.04. The third-order valence-electron chi connectivity index (χ3n) is 4.25. The molecule has 0 radical (unpaired) electrons. The van der Waals surface area contributed by atoms with E-state index >= 15 is 0 Å². The number of hydrogen-bond acceptors (Lipinski definition) is 4. The average molecular weight is 384 g/mol. The van der Waals surface area contributed by atoms with E-state index in [1.807, 2.05) is 27.7 Å². The molecule has 0 atom stereocenters. The lowest BCUT2D eigenvalue weighted by Gasteiger charge is -2.18. The Balaban J connectivity index is 2.12. The van der Waals surface area contributed by atoms with Crippen LogP contribution in [-0.4, -0.2) is 43.0 Å². The maximum Gasteiger partial charge on any atom is 0.255 e. The minimum absolute atomic E-state index is 0.0178. The third-order valence-corrected chi connectivity index (χ3v) is 4.25. The average Bonchev–Trinajstić information content (AvgIpc) is 2.71. The van der Waals surface area contributed by atoms with Gasteiger partial charge in [-0.3, -0.25) is 9.59 Å². The predicted octanol–water partition coefficient (Wildman–Crippen LogP) is 4.22. The first-order chi connectivity index (χ1) is 13.5. The Labute approximate surface area is 166 Å². The summed E-state index contributed by atoms with van der Waals surface area (Å²) in [5.41, 5.74) is 1.68. The van der Waals surface area contributed by atoms with Gasteiger partial charge in [0.15, 0.2) is 11.5 Å². The Bertz CT molecular complexity index is 799. The molecule has 0 heterocycles. The topological polar surface area (TPSA) is 67.9 Å². The molecule has 0 aliphatic carbocycles. The van der Waals surface area contributed by atoms with E-state index in [4.69, 9.17) is 9.47 Å². The molecule has 0 saturated heterocycles. The van der Waals surface area contributed by atoms with Crippen LogP contribution in [0.3, 0.4) is 0 Å². The summed E-state index contributed by atoms with van der Waals surface area (Å²) in [6.45, 7) is 9.99. The molecule has 28 heavy (non-hydrogen) atoms. The largest absolute Gasteiger partial charge is 0.490 e. The van der Waals surface area contributed by atoms with Gasteiger partial charge in [-0.15, -0.1) is 0 Å². The van der Waals surface area contributed by atoms with E-state index < -0.39 is 0 Å². The van der Waals surface area contributed by atoms with Crippen LogP contribution < -0.4 is 14.8 Å². The molecular formula is C22H28N2O4. The molecule has 0 unspecified atom stereocenters. The van der Waals surface area contributed by atoms with Crippen LogP contribution in [-0.2, 0) is 0 Å². The fourth-order valence-electron chi connectivity index (χ4n) is 2.79.